The lowest BCUT2D eigenvalue weighted by Gasteiger charge is -2.14. The summed E-state index contributed by atoms with van der Waals surface area (Å²) in [6, 6.07) is 9.60. The van der Waals surface area contributed by atoms with Crippen molar-refractivity contribution >= 4 is 27.6 Å². The molecule has 0 aromatic heterocycles. The van der Waals surface area contributed by atoms with Crippen LogP contribution in [0.5, 0.6) is 0 Å². The summed E-state index contributed by atoms with van der Waals surface area (Å²) in [5, 5.41) is 2.41. The Kier molecular flexibility index (Phi) is 6.59. The molecule has 10 heteroatoms. The minimum absolute atomic E-state index is 0.296. The minimum atomic E-state index is -4.26. The summed E-state index contributed by atoms with van der Waals surface area (Å²) >= 11 is 0. The molecule has 0 saturated heterocycles. The highest BCUT2D eigenvalue weighted by Gasteiger charge is 2.22. The minimum Gasteiger partial charge on any atom is -0.452 e. The molecule has 0 heterocycles. The third-order valence-electron chi connectivity index (χ3n) is 3.32. The Morgan fingerprint density at radius 2 is 1.70 bits per heavy atom. The molecule has 0 unspecified atom stereocenters. The first-order valence-corrected chi connectivity index (χ1v) is 9.17. The fourth-order valence-electron chi connectivity index (χ4n) is 1.96. The zero-order valence-electron chi connectivity index (χ0n) is 14.1. The maximum atomic E-state index is 13.5. The van der Waals surface area contributed by atoms with Crippen molar-refractivity contribution in [1.82, 2.24) is 4.72 Å². The van der Waals surface area contributed by atoms with Gasteiger partial charge in [0.2, 0.25) is 10.0 Å². The van der Waals surface area contributed by atoms with E-state index in [1.807, 2.05) is 4.72 Å². The lowest BCUT2D eigenvalue weighted by Crippen LogP contribution is -2.36. The Morgan fingerprint density at radius 1 is 1.07 bits per heavy atom. The largest absolute Gasteiger partial charge is 0.452 e. The summed E-state index contributed by atoms with van der Waals surface area (Å²) in [5.41, 5.74) is 0.296. The fraction of sp³-hybridized carbons (Fsp3) is 0.176. The number of rotatable bonds is 7. The first kappa shape index (κ1) is 20.5. The Morgan fingerprint density at radius 3 is 2.33 bits per heavy atom. The number of hydrogen-bond donors (Lipinski definition) is 2. The number of halogens is 2. The van der Waals surface area contributed by atoms with Crippen LogP contribution in [-0.2, 0) is 24.3 Å². The van der Waals surface area contributed by atoms with Crippen LogP contribution in [0.25, 0.3) is 0 Å². The second-order valence-electron chi connectivity index (χ2n) is 5.38. The van der Waals surface area contributed by atoms with Crippen LogP contribution in [0.1, 0.15) is 6.92 Å². The number of benzene rings is 2. The molecule has 7 nitrogen and oxygen atoms in total. The molecule has 0 aliphatic heterocycles. The monoisotopic (exact) mass is 398 g/mol. The van der Waals surface area contributed by atoms with Gasteiger partial charge >= 0.3 is 5.97 Å². The molecule has 144 valence electrons. The van der Waals surface area contributed by atoms with Crippen molar-refractivity contribution < 1.29 is 31.5 Å². The van der Waals surface area contributed by atoms with E-state index >= 15 is 0 Å². The molecular weight excluding hydrogens is 382 g/mol. The molecule has 1 atom stereocenters. The van der Waals surface area contributed by atoms with Gasteiger partial charge in [0.25, 0.3) is 5.91 Å². The van der Waals surface area contributed by atoms with Crippen LogP contribution in [0.15, 0.2) is 53.4 Å². The van der Waals surface area contributed by atoms with Crippen molar-refractivity contribution in [3.63, 3.8) is 0 Å². The van der Waals surface area contributed by atoms with E-state index in [0.29, 0.717) is 5.69 Å². The molecular formula is C17H16F2N2O5S. The first-order valence-electron chi connectivity index (χ1n) is 7.69. The number of carbonyl (C=O) groups is 2. The van der Waals surface area contributed by atoms with Gasteiger partial charge in [-0.2, -0.15) is 4.72 Å². The molecule has 1 amide bonds. The number of nitrogens with one attached hydrogen (secondary N) is 2. The Hall–Kier alpha value is -2.85. The predicted molar refractivity (Wildman–Crippen MR) is 92.2 cm³/mol. The van der Waals surface area contributed by atoms with Gasteiger partial charge in [-0.3, -0.25) is 9.59 Å². The van der Waals surface area contributed by atoms with Crippen LogP contribution >= 0.6 is 0 Å². The highest BCUT2D eigenvalue weighted by atomic mass is 32.2. The molecule has 0 fully saturated rings. The summed E-state index contributed by atoms with van der Waals surface area (Å²) in [4.78, 5) is 23.1. The SMILES string of the molecule is C[C@H](OC(=O)CNS(=O)(=O)c1ccccc1F)C(=O)Nc1ccc(F)cc1. The van der Waals surface area contributed by atoms with Crippen molar-refractivity contribution in [1.29, 1.82) is 0 Å². The molecule has 2 rings (SSSR count). The number of carbonyl (C=O) groups excluding carboxylic acids is 2. The van der Waals surface area contributed by atoms with Gasteiger partial charge in [-0.15, -0.1) is 0 Å². The summed E-state index contributed by atoms with van der Waals surface area (Å²) in [5.74, 6) is -3.16. The fourth-order valence-corrected chi connectivity index (χ4v) is 3.01. The first-order chi connectivity index (χ1) is 12.7. The molecule has 2 N–H and O–H groups in total. The van der Waals surface area contributed by atoms with Gasteiger partial charge in [0.1, 0.15) is 23.1 Å². The standard InChI is InChI=1S/C17H16F2N2O5S/c1-11(17(23)21-13-8-6-12(18)7-9-13)26-16(22)10-20-27(24,25)15-5-3-2-4-14(15)19/h2-9,11,20H,10H2,1H3,(H,21,23)/t11-/m0/s1. The molecule has 0 bridgehead atoms. The van der Waals surface area contributed by atoms with E-state index in [1.54, 1.807) is 0 Å². The van der Waals surface area contributed by atoms with Gasteiger partial charge < -0.3 is 10.1 Å². The molecule has 2 aromatic carbocycles. The quantitative estimate of drug-likeness (QED) is 0.693. The van der Waals surface area contributed by atoms with Gasteiger partial charge in [-0.1, -0.05) is 12.1 Å². The number of ether oxygens (including phenoxy) is 1. The number of anilines is 1. The average molecular weight is 398 g/mol. The van der Waals surface area contributed by atoms with E-state index in [1.165, 1.54) is 31.2 Å². The van der Waals surface area contributed by atoms with E-state index in [2.05, 4.69) is 5.32 Å². The van der Waals surface area contributed by atoms with Crippen LogP contribution in [0.4, 0.5) is 14.5 Å². The maximum absolute atomic E-state index is 13.5. The van der Waals surface area contributed by atoms with Crippen LogP contribution in [-0.4, -0.2) is 32.9 Å². The van der Waals surface area contributed by atoms with Gasteiger partial charge in [-0.25, -0.2) is 17.2 Å². The third-order valence-corrected chi connectivity index (χ3v) is 4.76. The van der Waals surface area contributed by atoms with Crippen LogP contribution in [0.2, 0.25) is 0 Å². The van der Waals surface area contributed by atoms with Crippen molar-refractivity contribution in [2.24, 2.45) is 0 Å². The van der Waals surface area contributed by atoms with Gasteiger partial charge in [0, 0.05) is 5.69 Å². The van der Waals surface area contributed by atoms with Crippen LogP contribution in [0, 0.1) is 11.6 Å². The molecule has 0 aliphatic rings. The molecule has 0 radical (unpaired) electrons. The predicted octanol–water partition coefficient (Wildman–Crippen LogP) is 1.81. The number of esters is 1. The van der Waals surface area contributed by atoms with E-state index < -0.39 is 51.1 Å². The zero-order chi connectivity index (χ0) is 20.0. The normalized spacial score (nSPS) is 12.3. The third kappa shape index (κ3) is 5.83. The smallest absolute Gasteiger partial charge is 0.321 e. The molecule has 0 aliphatic carbocycles. The van der Waals surface area contributed by atoms with Crippen LogP contribution in [0.3, 0.4) is 0 Å². The van der Waals surface area contributed by atoms with E-state index in [9.17, 15) is 26.8 Å². The maximum Gasteiger partial charge on any atom is 0.321 e. The molecule has 0 spiro atoms. The summed E-state index contributed by atoms with van der Waals surface area (Å²) in [6.45, 7) is 0.493. The highest BCUT2D eigenvalue weighted by molar-refractivity contribution is 7.89. The van der Waals surface area contributed by atoms with E-state index in [4.69, 9.17) is 4.74 Å². The van der Waals surface area contributed by atoms with Crippen molar-refractivity contribution in [3.05, 3.63) is 60.2 Å². The highest BCUT2D eigenvalue weighted by Crippen LogP contribution is 2.13. The van der Waals surface area contributed by atoms with E-state index in [-0.39, 0.29) is 0 Å². The number of hydrogen-bond acceptors (Lipinski definition) is 5. The Balaban J connectivity index is 1.88. The molecule has 2 aromatic rings. The lowest BCUT2D eigenvalue weighted by atomic mass is 10.3. The average Bonchev–Trinajstić information content (AvgIpc) is 2.62. The lowest BCUT2D eigenvalue weighted by molar-refractivity contribution is -0.151. The van der Waals surface area contributed by atoms with Gasteiger partial charge in [0.15, 0.2) is 6.10 Å². The second kappa shape index (κ2) is 8.69. The second-order valence-corrected chi connectivity index (χ2v) is 7.12. The number of sulfonamides is 1. The molecule has 27 heavy (non-hydrogen) atoms. The summed E-state index contributed by atoms with van der Waals surface area (Å²) in [7, 11) is -4.26. The van der Waals surface area contributed by atoms with Gasteiger partial charge in [0.05, 0.1) is 0 Å². The Bertz CT molecular complexity index is 933. The van der Waals surface area contributed by atoms with Crippen molar-refractivity contribution in [2.75, 3.05) is 11.9 Å². The topological polar surface area (TPSA) is 102 Å². The van der Waals surface area contributed by atoms with Crippen LogP contribution < -0.4 is 10.0 Å². The summed E-state index contributed by atoms with van der Waals surface area (Å²) < 4.78 is 57.0. The number of amides is 1. The zero-order valence-corrected chi connectivity index (χ0v) is 14.9. The van der Waals surface area contributed by atoms with Crippen molar-refractivity contribution in [3.8, 4) is 0 Å². The van der Waals surface area contributed by atoms with E-state index in [0.717, 1.165) is 24.3 Å². The Labute approximate surface area is 154 Å². The van der Waals surface area contributed by atoms with Gasteiger partial charge in [-0.05, 0) is 43.3 Å². The van der Waals surface area contributed by atoms with Crippen molar-refractivity contribution in [2.45, 2.75) is 17.9 Å². The summed E-state index contributed by atoms with van der Waals surface area (Å²) in [6.07, 6.45) is -1.24. The molecule has 0 saturated carbocycles.